The molecular weight excluding hydrogens is 212 g/mol. The van der Waals surface area contributed by atoms with Crippen molar-refractivity contribution in [3.8, 4) is 0 Å². The molecule has 3 N–H and O–H groups in total. The first-order valence-corrected chi connectivity index (χ1v) is 6.65. The van der Waals surface area contributed by atoms with Crippen LogP contribution in [0, 0.1) is 11.3 Å². The molecule has 2 atom stereocenters. The second-order valence-electron chi connectivity index (χ2n) is 6.47. The number of rotatable bonds is 6. The molecule has 0 saturated carbocycles. The molecular formula is C14H30N2O. The third kappa shape index (κ3) is 6.06. The first-order valence-electron chi connectivity index (χ1n) is 6.65. The standard InChI is InChI=1S/C14H30N2O/c1-7-14(6,8-9-15)16-12(17)10-11(2)13(3,4)5/h11H,7-10,15H2,1-6H3,(H,16,17). The summed E-state index contributed by atoms with van der Waals surface area (Å²) in [7, 11) is 0. The maximum absolute atomic E-state index is 12.0. The minimum atomic E-state index is -0.149. The van der Waals surface area contributed by atoms with Gasteiger partial charge >= 0.3 is 0 Å². The van der Waals surface area contributed by atoms with E-state index in [4.69, 9.17) is 5.73 Å². The average molecular weight is 242 g/mol. The molecule has 0 bridgehead atoms. The van der Waals surface area contributed by atoms with Crippen LogP contribution in [0.2, 0.25) is 0 Å². The fourth-order valence-electron chi connectivity index (χ4n) is 1.62. The maximum Gasteiger partial charge on any atom is 0.220 e. The van der Waals surface area contributed by atoms with E-state index in [0.29, 0.717) is 18.9 Å². The predicted octanol–water partition coefficient (Wildman–Crippen LogP) is 2.69. The molecule has 0 radical (unpaired) electrons. The minimum absolute atomic E-state index is 0.144. The van der Waals surface area contributed by atoms with E-state index in [1.165, 1.54) is 0 Å². The molecule has 102 valence electrons. The summed E-state index contributed by atoms with van der Waals surface area (Å²) in [6, 6.07) is 0. The van der Waals surface area contributed by atoms with Gasteiger partial charge in [-0.15, -0.1) is 0 Å². The van der Waals surface area contributed by atoms with E-state index in [0.717, 1.165) is 12.8 Å². The van der Waals surface area contributed by atoms with Crippen LogP contribution in [-0.2, 0) is 4.79 Å². The van der Waals surface area contributed by atoms with Gasteiger partial charge in [-0.1, -0.05) is 34.6 Å². The molecule has 0 aliphatic rings. The van der Waals surface area contributed by atoms with Crippen LogP contribution in [0.4, 0.5) is 0 Å². The van der Waals surface area contributed by atoms with E-state index in [9.17, 15) is 4.79 Å². The van der Waals surface area contributed by atoms with Crippen LogP contribution < -0.4 is 11.1 Å². The lowest BCUT2D eigenvalue weighted by atomic mass is 9.80. The van der Waals surface area contributed by atoms with Gasteiger partial charge in [-0.25, -0.2) is 0 Å². The Balaban J connectivity index is 4.35. The number of nitrogens with two attached hydrogens (primary N) is 1. The summed E-state index contributed by atoms with van der Waals surface area (Å²) in [6.45, 7) is 13.4. The number of hydrogen-bond donors (Lipinski definition) is 2. The SMILES string of the molecule is CCC(C)(CCN)NC(=O)CC(C)C(C)(C)C. The van der Waals surface area contributed by atoms with E-state index in [-0.39, 0.29) is 16.9 Å². The summed E-state index contributed by atoms with van der Waals surface area (Å²) < 4.78 is 0. The second kappa shape index (κ2) is 6.39. The van der Waals surface area contributed by atoms with Gasteiger partial charge < -0.3 is 11.1 Å². The van der Waals surface area contributed by atoms with Gasteiger partial charge in [-0.2, -0.15) is 0 Å². The van der Waals surface area contributed by atoms with Gasteiger partial charge in [-0.3, -0.25) is 4.79 Å². The number of carbonyl (C=O) groups excluding carboxylic acids is 1. The molecule has 0 aliphatic carbocycles. The number of carbonyl (C=O) groups is 1. The number of hydrogen-bond acceptors (Lipinski definition) is 2. The first-order chi connectivity index (χ1) is 7.64. The molecule has 0 aliphatic heterocycles. The quantitative estimate of drug-likeness (QED) is 0.752. The molecule has 17 heavy (non-hydrogen) atoms. The van der Waals surface area contributed by atoms with Crippen LogP contribution in [0.15, 0.2) is 0 Å². The van der Waals surface area contributed by atoms with Gasteiger partial charge in [-0.05, 0) is 37.6 Å². The van der Waals surface area contributed by atoms with Crippen LogP contribution >= 0.6 is 0 Å². The highest BCUT2D eigenvalue weighted by atomic mass is 16.1. The van der Waals surface area contributed by atoms with Crippen LogP contribution in [0.5, 0.6) is 0 Å². The van der Waals surface area contributed by atoms with Gasteiger partial charge in [0.2, 0.25) is 5.91 Å². The Morgan fingerprint density at radius 1 is 1.29 bits per heavy atom. The maximum atomic E-state index is 12.0. The Bertz CT molecular complexity index is 245. The number of nitrogens with one attached hydrogen (secondary N) is 1. The molecule has 0 aromatic carbocycles. The number of amides is 1. The summed E-state index contributed by atoms with van der Waals surface area (Å²) in [5.74, 6) is 0.520. The third-order valence-electron chi connectivity index (χ3n) is 3.89. The summed E-state index contributed by atoms with van der Waals surface area (Å²) in [5.41, 5.74) is 5.61. The van der Waals surface area contributed by atoms with Crippen LogP contribution in [0.25, 0.3) is 0 Å². The zero-order chi connectivity index (χ0) is 13.7. The molecule has 2 unspecified atom stereocenters. The van der Waals surface area contributed by atoms with Gasteiger partial charge in [0, 0.05) is 12.0 Å². The zero-order valence-electron chi connectivity index (χ0n) is 12.4. The van der Waals surface area contributed by atoms with Crippen molar-refractivity contribution < 1.29 is 4.79 Å². The third-order valence-corrected chi connectivity index (χ3v) is 3.89. The van der Waals surface area contributed by atoms with Crippen molar-refractivity contribution in [1.82, 2.24) is 5.32 Å². The fourth-order valence-corrected chi connectivity index (χ4v) is 1.62. The molecule has 1 amide bonds. The molecule has 0 fully saturated rings. The molecule has 0 rings (SSSR count). The van der Waals surface area contributed by atoms with Gasteiger partial charge in [0.1, 0.15) is 0 Å². The van der Waals surface area contributed by atoms with Crippen molar-refractivity contribution in [2.24, 2.45) is 17.1 Å². The smallest absolute Gasteiger partial charge is 0.220 e. The monoisotopic (exact) mass is 242 g/mol. The second-order valence-corrected chi connectivity index (χ2v) is 6.47. The van der Waals surface area contributed by atoms with E-state index in [1.807, 2.05) is 0 Å². The lowest BCUT2D eigenvalue weighted by Gasteiger charge is -2.32. The molecule has 0 heterocycles. The predicted molar refractivity (Wildman–Crippen MR) is 73.7 cm³/mol. The zero-order valence-corrected chi connectivity index (χ0v) is 12.4. The van der Waals surface area contributed by atoms with Crippen molar-refractivity contribution in [3.63, 3.8) is 0 Å². The Labute approximate surface area is 107 Å². The average Bonchev–Trinajstić information content (AvgIpc) is 2.16. The fraction of sp³-hybridized carbons (Fsp3) is 0.929. The van der Waals surface area contributed by atoms with Gasteiger partial charge in [0.15, 0.2) is 0 Å². The normalized spacial score (nSPS) is 17.4. The summed E-state index contributed by atoms with van der Waals surface area (Å²) in [5, 5.41) is 3.13. The Morgan fingerprint density at radius 3 is 2.18 bits per heavy atom. The van der Waals surface area contributed by atoms with Crippen molar-refractivity contribution in [2.45, 2.75) is 66.3 Å². The molecule has 0 aromatic rings. The van der Waals surface area contributed by atoms with E-state index >= 15 is 0 Å². The molecule has 0 aromatic heterocycles. The van der Waals surface area contributed by atoms with Crippen LogP contribution in [-0.4, -0.2) is 18.0 Å². The van der Waals surface area contributed by atoms with Crippen molar-refractivity contribution in [2.75, 3.05) is 6.54 Å². The lowest BCUT2D eigenvalue weighted by molar-refractivity contribution is -0.124. The molecule has 0 spiro atoms. The largest absolute Gasteiger partial charge is 0.351 e. The highest BCUT2D eigenvalue weighted by Gasteiger charge is 2.27. The Morgan fingerprint density at radius 2 is 1.82 bits per heavy atom. The summed E-state index contributed by atoms with van der Waals surface area (Å²) in [4.78, 5) is 12.0. The van der Waals surface area contributed by atoms with Gasteiger partial charge in [0.05, 0.1) is 0 Å². The van der Waals surface area contributed by atoms with Crippen LogP contribution in [0.3, 0.4) is 0 Å². The van der Waals surface area contributed by atoms with Crippen molar-refractivity contribution >= 4 is 5.91 Å². The Kier molecular flexibility index (Phi) is 6.17. The van der Waals surface area contributed by atoms with Crippen LogP contribution in [0.1, 0.15) is 60.8 Å². The molecule has 3 heteroatoms. The lowest BCUT2D eigenvalue weighted by Crippen LogP contribution is -2.47. The molecule has 3 nitrogen and oxygen atoms in total. The van der Waals surface area contributed by atoms with Crippen molar-refractivity contribution in [1.29, 1.82) is 0 Å². The van der Waals surface area contributed by atoms with Gasteiger partial charge in [0.25, 0.3) is 0 Å². The molecule has 0 saturated heterocycles. The minimum Gasteiger partial charge on any atom is -0.351 e. The highest BCUT2D eigenvalue weighted by molar-refractivity contribution is 5.77. The summed E-state index contributed by atoms with van der Waals surface area (Å²) >= 11 is 0. The van der Waals surface area contributed by atoms with E-state index in [2.05, 4.69) is 46.9 Å². The summed E-state index contributed by atoms with van der Waals surface area (Å²) in [6.07, 6.45) is 2.34. The highest BCUT2D eigenvalue weighted by Crippen LogP contribution is 2.28. The topological polar surface area (TPSA) is 55.1 Å². The first kappa shape index (κ1) is 16.4. The van der Waals surface area contributed by atoms with Crippen molar-refractivity contribution in [3.05, 3.63) is 0 Å². The Hall–Kier alpha value is -0.570. The van der Waals surface area contributed by atoms with E-state index in [1.54, 1.807) is 0 Å². The van der Waals surface area contributed by atoms with E-state index < -0.39 is 0 Å².